The molecule has 0 saturated heterocycles. The summed E-state index contributed by atoms with van der Waals surface area (Å²) in [5.74, 6) is 1.04. The largest absolute Gasteiger partial charge is 0.393 e. The van der Waals surface area contributed by atoms with Crippen molar-refractivity contribution < 1.29 is 9.90 Å². The number of pyridine rings is 2. The molecule has 3 aromatic heterocycles. The molecule has 0 atom stereocenters. The summed E-state index contributed by atoms with van der Waals surface area (Å²) < 4.78 is 1.67. The molecule has 2 fully saturated rings. The highest BCUT2D eigenvalue weighted by molar-refractivity contribution is 6.04. The van der Waals surface area contributed by atoms with E-state index in [2.05, 4.69) is 32.5 Å². The Morgan fingerprint density at radius 1 is 1.12 bits per heavy atom. The number of carbonyl (C=O) groups excluding carboxylic acids is 1. The Hall–Kier alpha value is -3.57. The first-order valence-corrected chi connectivity index (χ1v) is 11.4. The maximum Gasteiger partial charge on any atom is 0.259 e. The van der Waals surface area contributed by atoms with Gasteiger partial charge in [-0.15, -0.1) is 0 Å². The smallest absolute Gasteiger partial charge is 0.259 e. The van der Waals surface area contributed by atoms with E-state index in [1.165, 1.54) is 18.4 Å². The van der Waals surface area contributed by atoms with E-state index < -0.39 is 5.41 Å². The van der Waals surface area contributed by atoms with Gasteiger partial charge in [-0.2, -0.15) is 10.4 Å². The summed E-state index contributed by atoms with van der Waals surface area (Å²) >= 11 is 0. The highest BCUT2D eigenvalue weighted by Crippen LogP contribution is 2.40. The average molecular weight is 443 g/mol. The van der Waals surface area contributed by atoms with Crippen molar-refractivity contribution in [3.63, 3.8) is 0 Å². The molecule has 33 heavy (non-hydrogen) atoms. The van der Waals surface area contributed by atoms with Gasteiger partial charge < -0.3 is 10.4 Å². The lowest BCUT2D eigenvalue weighted by Gasteiger charge is -2.32. The minimum atomic E-state index is -0.679. The van der Waals surface area contributed by atoms with Gasteiger partial charge in [-0.05, 0) is 75.1 Å². The van der Waals surface area contributed by atoms with Crippen molar-refractivity contribution in [1.29, 1.82) is 5.26 Å². The van der Waals surface area contributed by atoms with E-state index in [0.29, 0.717) is 60.1 Å². The van der Waals surface area contributed by atoms with Crippen LogP contribution in [0.4, 0.5) is 5.69 Å². The van der Waals surface area contributed by atoms with Crippen molar-refractivity contribution in [2.45, 2.75) is 62.9 Å². The van der Waals surface area contributed by atoms with Gasteiger partial charge in [0.1, 0.15) is 0 Å². The van der Waals surface area contributed by atoms with Crippen molar-refractivity contribution in [3.05, 3.63) is 65.4 Å². The number of carbonyl (C=O) groups is 1. The Bertz CT molecular complexity index is 1200. The number of nitriles is 1. The molecule has 0 spiro atoms. The number of hydrogen-bond donors (Lipinski definition) is 2. The number of aliphatic hydroxyl groups excluding tert-OH is 1. The highest BCUT2D eigenvalue weighted by Gasteiger charge is 2.38. The van der Waals surface area contributed by atoms with Gasteiger partial charge in [0.2, 0.25) is 0 Å². The van der Waals surface area contributed by atoms with Crippen LogP contribution in [0.3, 0.4) is 0 Å². The molecule has 3 heterocycles. The van der Waals surface area contributed by atoms with Crippen LogP contribution in [0.25, 0.3) is 5.82 Å². The maximum atomic E-state index is 12.9. The van der Waals surface area contributed by atoms with Crippen molar-refractivity contribution in [1.82, 2.24) is 19.7 Å². The lowest BCUT2D eigenvalue weighted by Crippen LogP contribution is -2.33. The van der Waals surface area contributed by atoms with Crippen LogP contribution in [0.15, 0.2) is 42.9 Å². The SMILES string of the molecule is Cc1c(C(=O)Nc2ccc([C@]3(C#N)CC[C@@H](O)CC3)nc2)cnn1-c1ccc(C2CC2)cn1. The summed E-state index contributed by atoms with van der Waals surface area (Å²) in [5.41, 5.74) is 2.96. The molecule has 2 aliphatic rings. The second-order valence-electron chi connectivity index (χ2n) is 9.09. The van der Waals surface area contributed by atoms with E-state index in [1.807, 2.05) is 19.2 Å². The van der Waals surface area contributed by atoms with Crippen LogP contribution in [0.2, 0.25) is 0 Å². The first-order valence-electron chi connectivity index (χ1n) is 11.4. The summed E-state index contributed by atoms with van der Waals surface area (Å²) in [7, 11) is 0. The minimum absolute atomic E-state index is 0.279. The first kappa shape index (κ1) is 21.3. The van der Waals surface area contributed by atoms with Gasteiger partial charge in [-0.3, -0.25) is 9.78 Å². The van der Waals surface area contributed by atoms with Gasteiger partial charge >= 0.3 is 0 Å². The second-order valence-corrected chi connectivity index (χ2v) is 9.09. The van der Waals surface area contributed by atoms with E-state index >= 15 is 0 Å². The van der Waals surface area contributed by atoms with E-state index in [-0.39, 0.29) is 12.0 Å². The fourth-order valence-electron chi connectivity index (χ4n) is 4.51. The topological polar surface area (TPSA) is 117 Å². The lowest BCUT2D eigenvalue weighted by atomic mass is 9.72. The molecule has 3 aromatic rings. The van der Waals surface area contributed by atoms with Crippen LogP contribution >= 0.6 is 0 Å². The number of nitrogens with one attached hydrogen (secondary N) is 1. The molecule has 168 valence electrons. The fourth-order valence-corrected chi connectivity index (χ4v) is 4.51. The Balaban J connectivity index is 1.29. The minimum Gasteiger partial charge on any atom is -0.393 e. The fraction of sp³-hybridized carbons (Fsp3) is 0.400. The summed E-state index contributed by atoms with van der Waals surface area (Å²) in [6.07, 6.45) is 9.46. The van der Waals surface area contributed by atoms with Gasteiger partial charge in [0, 0.05) is 6.20 Å². The zero-order chi connectivity index (χ0) is 23.0. The van der Waals surface area contributed by atoms with Crippen LogP contribution in [-0.2, 0) is 5.41 Å². The zero-order valence-corrected chi connectivity index (χ0v) is 18.5. The van der Waals surface area contributed by atoms with Gasteiger partial charge in [0.25, 0.3) is 5.91 Å². The maximum absolute atomic E-state index is 12.9. The highest BCUT2D eigenvalue weighted by atomic mass is 16.3. The van der Waals surface area contributed by atoms with E-state index in [4.69, 9.17) is 0 Å². The number of amides is 1. The van der Waals surface area contributed by atoms with Crippen LogP contribution < -0.4 is 5.32 Å². The summed E-state index contributed by atoms with van der Waals surface area (Å²) in [4.78, 5) is 21.9. The molecule has 8 nitrogen and oxygen atoms in total. The predicted molar refractivity (Wildman–Crippen MR) is 122 cm³/mol. The molecule has 2 saturated carbocycles. The molecule has 0 radical (unpaired) electrons. The Morgan fingerprint density at radius 3 is 2.52 bits per heavy atom. The molecule has 0 aromatic carbocycles. The molecule has 2 N–H and O–H groups in total. The average Bonchev–Trinajstić information content (AvgIpc) is 3.62. The van der Waals surface area contributed by atoms with Crippen LogP contribution in [0, 0.1) is 18.3 Å². The van der Waals surface area contributed by atoms with Gasteiger partial charge in [0.05, 0.1) is 52.6 Å². The number of aromatic nitrogens is 4. The summed E-state index contributed by atoms with van der Waals surface area (Å²) in [6, 6.07) is 9.97. The predicted octanol–water partition coefficient (Wildman–Crippen LogP) is 3.80. The normalized spacial score (nSPS) is 22.5. The molecule has 0 aliphatic heterocycles. The summed E-state index contributed by atoms with van der Waals surface area (Å²) in [5, 5.41) is 26.8. The molecule has 2 aliphatic carbocycles. The van der Waals surface area contributed by atoms with Crippen molar-refractivity contribution in [2.75, 3.05) is 5.32 Å². The van der Waals surface area contributed by atoms with E-state index in [9.17, 15) is 15.2 Å². The van der Waals surface area contributed by atoms with E-state index in [0.717, 1.165) is 0 Å². The second kappa shape index (κ2) is 8.41. The Labute approximate surface area is 192 Å². The Kier molecular flexibility index (Phi) is 5.43. The number of rotatable bonds is 5. The molecule has 1 amide bonds. The van der Waals surface area contributed by atoms with E-state index in [1.54, 1.807) is 29.2 Å². The molecular formula is C25H26N6O2. The monoisotopic (exact) mass is 442 g/mol. The van der Waals surface area contributed by atoms with Crippen molar-refractivity contribution >= 4 is 11.6 Å². The number of anilines is 1. The molecular weight excluding hydrogens is 416 g/mol. The van der Waals surface area contributed by atoms with Crippen molar-refractivity contribution in [3.8, 4) is 11.9 Å². The van der Waals surface area contributed by atoms with Gasteiger partial charge in [-0.1, -0.05) is 6.07 Å². The number of aliphatic hydroxyl groups is 1. The van der Waals surface area contributed by atoms with Gasteiger partial charge in [0.15, 0.2) is 5.82 Å². The first-order chi connectivity index (χ1) is 16.0. The van der Waals surface area contributed by atoms with Crippen LogP contribution in [0.5, 0.6) is 0 Å². The van der Waals surface area contributed by atoms with Crippen LogP contribution in [-0.4, -0.2) is 36.9 Å². The summed E-state index contributed by atoms with van der Waals surface area (Å²) in [6.45, 7) is 1.84. The molecule has 5 rings (SSSR count). The quantitative estimate of drug-likeness (QED) is 0.621. The lowest BCUT2D eigenvalue weighted by molar-refractivity contribution is 0.102. The zero-order valence-electron chi connectivity index (χ0n) is 18.5. The Morgan fingerprint density at radius 2 is 1.91 bits per heavy atom. The molecule has 0 unspecified atom stereocenters. The third kappa shape index (κ3) is 4.12. The molecule has 8 heteroatoms. The third-order valence-corrected chi connectivity index (χ3v) is 6.83. The number of nitrogens with zero attached hydrogens (tertiary/aromatic N) is 5. The standard InChI is InChI=1S/C25H26N6O2/c1-16-21(14-29-31(16)23-7-4-18(12-28-23)17-2-3-17)24(33)30-19-5-6-22(27-13-19)25(15-26)10-8-20(32)9-11-25/h4-7,12-14,17,20,32H,2-3,8-11H2,1H3,(H,30,33)/t20-,25-. The van der Waals surface area contributed by atoms with Crippen LogP contribution in [0.1, 0.15) is 71.8 Å². The molecule has 0 bridgehead atoms. The third-order valence-electron chi connectivity index (χ3n) is 6.83. The van der Waals surface area contributed by atoms with Crippen molar-refractivity contribution in [2.24, 2.45) is 0 Å². The van der Waals surface area contributed by atoms with Gasteiger partial charge in [-0.25, -0.2) is 9.67 Å². The number of hydrogen-bond acceptors (Lipinski definition) is 6.